The topological polar surface area (TPSA) is 368 Å². The number of ether oxygens (including phenoxy) is 8. The van der Waals surface area contributed by atoms with Gasteiger partial charge in [0.2, 0.25) is 0 Å². The first-order chi connectivity index (χ1) is 35.5. The molecule has 76 heavy (non-hydrogen) atoms. The van der Waals surface area contributed by atoms with Crippen LogP contribution in [-0.2, 0) is 52.3 Å². The summed E-state index contributed by atoms with van der Waals surface area (Å²) in [5.41, 5.74) is -1.84. The molecule has 4 saturated heterocycles. The fourth-order valence-corrected chi connectivity index (χ4v) is 16.1. The summed E-state index contributed by atoms with van der Waals surface area (Å²) in [6.07, 6.45) is -26.3. The Bertz CT molecular complexity index is 2180. The highest BCUT2D eigenvalue weighted by Gasteiger charge is 2.71. The Hall–Kier alpha value is -2.37. The minimum Gasteiger partial charge on any atom is -0.481 e. The maximum Gasteiger partial charge on any atom is 0.335 e. The number of aliphatic hydroxyl groups excluding tert-OH is 10. The van der Waals surface area contributed by atoms with Gasteiger partial charge in [0.15, 0.2) is 31.3 Å². The number of allylic oxidation sites excluding steroid dienone is 2. The van der Waals surface area contributed by atoms with Gasteiger partial charge in [-0.25, -0.2) is 4.79 Å². The van der Waals surface area contributed by atoms with Crippen LogP contribution in [0.15, 0.2) is 11.6 Å². The molecule has 432 valence electrons. The Labute approximate surface area is 441 Å². The van der Waals surface area contributed by atoms with Gasteiger partial charge in [0.1, 0.15) is 85.6 Å². The molecule has 0 radical (unpaired) electrons. The van der Waals surface area contributed by atoms with Crippen molar-refractivity contribution in [3.63, 3.8) is 0 Å². The smallest absolute Gasteiger partial charge is 0.335 e. The zero-order chi connectivity index (χ0) is 55.6. The van der Waals surface area contributed by atoms with Crippen LogP contribution in [0.25, 0.3) is 0 Å². The summed E-state index contributed by atoms with van der Waals surface area (Å²) in [4.78, 5) is 40.4. The molecule has 12 N–H and O–H groups in total. The van der Waals surface area contributed by atoms with Crippen LogP contribution in [-0.4, -0.2) is 216 Å². The molecule has 23 nitrogen and oxygen atoms in total. The Morgan fingerprint density at radius 2 is 1.26 bits per heavy atom. The van der Waals surface area contributed by atoms with Crippen molar-refractivity contribution in [1.82, 2.24) is 0 Å². The number of carboxylic acid groups (broad SMARTS) is 2. The van der Waals surface area contributed by atoms with Crippen LogP contribution in [0.2, 0.25) is 0 Å². The molecule has 28 unspecified atom stereocenters. The fourth-order valence-electron chi connectivity index (χ4n) is 16.1. The van der Waals surface area contributed by atoms with Gasteiger partial charge in [0, 0.05) is 0 Å². The third kappa shape index (κ3) is 9.24. The lowest BCUT2D eigenvalue weighted by molar-refractivity contribution is -0.389. The van der Waals surface area contributed by atoms with Gasteiger partial charge in [-0.3, -0.25) is 4.79 Å². The van der Waals surface area contributed by atoms with Crippen LogP contribution in [0.4, 0.5) is 0 Å². The van der Waals surface area contributed by atoms with Gasteiger partial charge in [-0.2, -0.15) is 0 Å². The zero-order valence-electron chi connectivity index (χ0n) is 44.3. The molecule has 0 bridgehead atoms. The van der Waals surface area contributed by atoms with Crippen LogP contribution in [0.5, 0.6) is 0 Å². The third-order valence-electron chi connectivity index (χ3n) is 21.0. The number of carboxylic acids is 2. The molecule has 0 aromatic heterocycles. The number of aliphatic hydroxyl groups is 10. The van der Waals surface area contributed by atoms with Crippen LogP contribution >= 0.6 is 0 Å². The van der Waals surface area contributed by atoms with Gasteiger partial charge in [0.25, 0.3) is 0 Å². The summed E-state index contributed by atoms with van der Waals surface area (Å²) < 4.78 is 47.3. The maximum atomic E-state index is 13.8. The lowest BCUT2D eigenvalue weighted by atomic mass is 9.33. The normalized spacial score (nSPS) is 54.2. The molecule has 0 aromatic rings. The summed E-state index contributed by atoms with van der Waals surface area (Å²) in [6, 6.07) is 0. The summed E-state index contributed by atoms with van der Waals surface area (Å²) in [5, 5.41) is 130. The van der Waals surface area contributed by atoms with Crippen molar-refractivity contribution in [3.8, 4) is 0 Å². The van der Waals surface area contributed by atoms with Crippen molar-refractivity contribution in [2.45, 2.75) is 235 Å². The number of aldehydes is 1. The first-order valence-corrected chi connectivity index (χ1v) is 27.1. The Kier molecular flexibility index (Phi) is 16.0. The molecule has 9 rings (SSSR count). The number of rotatable bonds is 12. The van der Waals surface area contributed by atoms with Gasteiger partial charge >= 0.3 is 11.9 Å². The first kappa shape index (κ1) is 58.3. The van der Waals surface area contributed by atoms with E-state index in [2.05, 4.69) is 40.7 Å². The maximum absolute atomic E-state index is 13.8. The van der Waals surface area contributed by atoms with Crippen molar-refractivity contribution in [3.05, 3.63) is 11.6 Å². The van der Waals surface area contributed by atoms with E-state index in [-0.39, 0.29) is 40.4 Å². The van der Waals surface area contributed by atoms with Crippen LogP contribution < -0.4 is 0 Å². The largest absolute Gasteiger partial charge is 0.481 e. The molecule has 0 spiro atoms. The molecule has 4 aliphatic heterocycles. The average molecular weight is 1090 g/mol. The molecule has 9 aliphatic rings. The van der Waals surface area contributed by atoms with E-state index in [9.17, 15) is 75.7 Å². The van der Waals surface area contributed by atoms with Crippen molar-refractivity contribution in [2.24, 2.45) is 50.2 Å². The van der Waals surface area contributed by atoms with Crippen LogP contribution in [0.1, 0.15) is 113 Å². The number of fused-ring (bicyclic) bond motifs is 7. The molecule has 4 saturated carbocycles. The molecule has 28 atom stereocenters. The number of aliphatic carboxylic acids is 2. The minimum absolute atomic E-state index is 0.0147. The Morgan fingerprint density at radius 3 is 1.91 bits per heavy atom. The van der Waals surface area contributed by atoms with E-state index in [0.717, 1.165) is 32.0 Å². The number of carbonyl (C=O) groups is 3. The Balaban J connectivity index is 0.990. The van der Waals surface area contributed by atoms with E-state index in [1.54, 1.807) is 6.92 Å². The molecule has 23 heteroatoms. The van der Waals surface area contributed by atoms with Crippen LogP contribution in [0, 0.1) is 50.2 Å². The van der Waals surface area contributed by atoms with Crippen LogP contribution in [0.3, 0.4) is 0 Å². The quantitative estimate of drug-likeness (QED) is 0.0664. The van der Waals surface area contributed by atoms with Crippen molar-refractivity contribution in [2.75, 3.05) is 13.2 Å². The second-order valence-electron chi connectivity index (χ2n) is 25.5. The Morgan fingerprint density at radius 1 is 0.658 bits per heavy atom. The molecular formula is C53H82O23. The summed E-state index contributed by atoms with van der Waals surface area (Å²) in [6.45, 7) is 13.0. The van der Waals surface area contributed by atoms with Gasteiger partial charge in [-0.05, 0) is 111 Å². The van der Waals surface area contributed by atoms with Crippen molar-refractivity contribution in [1.29, 1.82) is 0 Å². The molecule has 0 aromatic carbocycles. The standard InChI is InChI=1S/C53H82O23/c1-22-30(57)32(59)34(61)44(70-22)73-38-25(56)20-69-43(36(38)63)75-40-39(74-45-35(62)33(60)31(58)26(19-54)71-45)37(64)46(76-41(40)42(65)66)72-29-11-12-49(4)27(50(29,5)21-55)10-13-52(7)28(49)9-8-23-24-18-48(2,3)14-16-53(24,47(67)68)17-15-51(23,52)6/h8,21-22,24-41,43-46,54,56-64H,9-20H2,1-7H3,(H,65,66)(H,67,68). The summed E-state index contributed by atoms with van der Waals surface area (Å²) >= 11 is 0. The van der Waals surface area contributed by atoms with E-state index in [1.165, 1.54) is 12.5 Å². The predicted octanol–water partition coefficient (Wildman–Crippen LogP) is -0.532. The highest BCUT2D eigenvalue weighted by Crippen LogP contribution is 2.76. The zero-order valence-corrected chi connectivity index (χ0v) is 44.3. The molecule has 5 aliphatic carbocycles. The highest BCUT2D eigenvalue weighted by molar-refractivity contribution is 5.77. The van der Waals surface area contributed by atoms with Crippen molar-refractivity contribution < 1.29 is 114 Å². The average Bonchev–Trinajstić information content (AvgIpc) is 3.55. The van der Waals surface area contributed by atoms with E-state index < -0.39 is 164 Å². The summed E-state index contributed by atoms with van der Waals surface area (Å²) in [7, 11) is 0. The number of hydrogen-bond acceptors (Lipinski definition) is 21. The van der Waals surface area contributed by atoms with Gasteiger partial charge in [-0.1, -0.05) is 53.2 Å². The third-order valence-corrected chi connectivity index (χ3v) is 21.0. The second kappa shape index (κ2) is 20.9. The molecular weight excluding hydrogens is 1000 g/mol. The van der Waals surface area contributed by atoms with Gasteiger partial charge < -0.3 is 104 Å². The lowest BCUT2D eigenvalue weighted by Gasteiger charge is -2.71. The predicted molar refractivity (Wildman–Crippen MR) is 257 cm³/mol. The lowest BCUT2D eigenvalue weighted by Crippen LogP contribution is -2.69. The number of carbonyl (C=O) groups excluding carboxylic acids is 1. The second-order valence-corrected chi connectivity index (χ2v) is 25.5. The fraction of sp³-hybridized carbons (Fsp3) is 0.906. The van der Waals surface area contributed by atoms with Crippen molar-refractivity contribution >= 4 is 18.2 Å². The number of hydrogen-bond donors (Lipinski definition) is 12. The van der Waals surface area contributed by atoms with E-state index >= 15 is 0 Å². The summed E-state index contributed by atoms with van der Waals surface area (Å²) in [5.74, 6) is -2.74. The van der Waals surface area contributed by atoms with Gasteiger partial charge in [-0.15, -0.1) is 0 Å². The molecule has 0 amide bonds. The SMILES string of the molecule is CC1OC(OC2C(O)COC(OC3C(C(=O)O)OC(OC4CCC5(C)C(CCC6(C)C5CC=C5C7CC(C)(C)CCC7(C(=O)O)CCC56C)C4(C)C=O)C(O)C3OC3OC(CO)C(O)C(O)C3O)C2O)C(O)C(O)C1O. The van der Waals surface area contributed by atoms with E-state index in [4.69, 9.17) is 37.9 Å². The van der Waals surface area contributed by atoms with Gasteiger partial charge in [0.05, 0.1) is 36.3 Å². The monoisotopic (exact) mass is 1090 g/mol. The van der Waals surface area contributed by atoms with E-state index in [0.29, 0.717) is 32.1 Å². The molecule has 8 fully saturated rings. The molecule has 4 heterocycles. The van der Waals surface area contributed by atoms with E-state index in [1.807, 2.05) is 0 Å². The minimum atomic E-state index is -2.17. The highest BCUT2D eigenvalue weighted by atomic mass is 16.8. The first-order valence-electron chi connectivity index (χ1n) is 27.1.